The third kappa shape index (κ3) is 4.14. The summed E-state index contributed by atoms with van der Waals surface area (Å²) in [4.78, 5) is 20.0. The maximum absolute atomic E-state index is 12.5. The normalized spacial score (nSPS) is 12.1. The molecule has 1 amide bonds. The van der Waals surface area contributed by atoms with E-state index in [2.05, 4.69) is 11.1 Å². The number of hydrogen-bond acceptors (Lipinski definition) is 5. The van der Waals surface area contributed by atoms with Gasteiger partial charge in [-0.2, -0.15) is 0 Å². The van der Waals surface area contributed by atoms with Crippen molar-refractivity contribution < 1.29 is 9.53 Å². The minimum Gasteiger partial charge on any atom is -0.497 e. The Kier molecular flexibility index (Phi) is 5.60. The number of nitrogens with zero attached hydrogens (tertiary/aromatic N) is 2. The van der Waals surface area contributed by atoms with E-state index in [0.717, 1.165) is 25.9 Å². The minimum atomic E-state index is -0.0404. The quantitative estimate of drug-likeness (QED) is 0.592. The van der Waals surface area contributed by atoms with E-state index in [0.29, 0.717) is 5.75 Å². The van der Waals surface area contributed by atoms with E-state index in [-0.39, 0.29) is 11.9 Å². The van der Waals surface area contributed by atoms with Crippen LogP contribution in [0.25, 0.3) is 10.2 Å². The lowest BCUT2D eigenvalue weighted by Gasteiger charge is -2.23. The van der Waals surface area contributed by atoms with Crippen LogP contribution in [0.2, 0.25) is 0 Å². The highest BCUT2D eigenvalue weighted by Gasteiger charge is 2.20. The second-order valence-electron chi connectivity index (χ2n) is 5.66. The van der Waals surface area contributed by atoms with Crippen molar-refractivity contribution in [1.82, 2.24) is 9.88 Å². The van der Waals surface area contributed by atoms with Crippen molar-refractivity contribution in [3.63, 3.8) is 0 Å². The summed E-state index contributed by atoms with van der Waals surface area (Å²) < 4.78 is 6.30. The number of hydrogen-bond donors (Lipinski definition) is 0. The Labute approximate surface area is 155 Å². The summed E-state index contributed by atoms with van der Waals surface area (Å²) in [6, 6.07) is 15.8. The van der Waals surface area contributed by atoms with Crippen LogP contribution in [0.4, 0.5) is 0 Å². The number of benzene rings is 2. The van der Waals surface area contributed by atoms with Crippen LogP contribution in [0.5, 0.6) is 5.75 Å². The number of aromatic nitrogens is 1. The summed E-state index contributed by atoms with van der Waals surface area (Å²) in [6.07, 6.45) is 0. The van der Waals surface area contributed by atoms with Gasteiger partial charge >= 0.3 is 0 Å². The van der Waals surface area contributed by atoms with Gasteiger partial charge in [0.25, 0.3) is 0 Å². The molecule has 0 saturated carbocycles. The molecule has 25 heavy (non-hydrogen) atoms. The van der Waals surface area contributed by atoms with Gasteiger partial charge in [-0.15, -0.1) is 23.1 Å². The molecular weight excluding hydrogens is 352 g/mol. The molecule has 0 radical (unpaired) electrons. The van der Waals surface area contributed by atoms with Crippen LogP contribution in [-0.4, -0.2) is 35.7 Å². The second kappa shape index (κ2) is 7.89. The van der Waals surface area contributed by atoms with Gasteiger partial charge in [-0.1, -0.05) is 12.1 Å². The number of carbonyl (C=O) groups is 1. The molecule has 0 unspecified atom stereocenters. The zero-order valence-electron chi connectivity index (χ0n) is 14.4. The molecule has 0 spiro atoms. The molecule has 0 aliphatic carbocycles. The summed E-state index contributed by atoms with van der Waals surface area (Å²) in [5.74, 6) is 1.31. The average Bonchev–Trinajstić information content (AvgIpc) is 3.09. The van der Waals surface area contributed by atoms with Gasteiger partial charge in [-0.05, 0) is 43.3 Å². The maximum atomic E-state index is 12.5. The number of ether oxygens (including phenoxy) is 1. The standard InChI is InChI=1S/C19H20N2O2S2/c1-13(19-20-16-6-4-5-7-17(16)25-19)21(2)18(22)12-24-15-10-8-14(23-3)9-11-15/h4-11,13H,12H2,1-3H3/t13-/m0/s1. The number of carbonyl (C=O) groups excluding carboxylic acids is 1. The Morgan fingerprint density at radius 2 is 1.96 bits per heavy atom. The Morgan fingerprint density at radius 3 is 2.64 bits per heavy atom. The van der Waals surface area contributed by atoms with E-state index in [1.807, 2.05) is 56.4 Å². The Bertz CT molecular complexity index is 828. The topological polar surface area (TPSA) is 42.4 Å². The predicted molar refractivity (Wildman–Crippen MR) is 105 cm³/mol. The number of para-hydroxylation sites is 1. The predicted octanol–water partition coefficient (Wildman–Crippen LogP) is 4.62. The first-order chi connectivity index (χ1) is 12.1. The number of fused-ring (bicyclic) bond motifs is 1. The van der Waals surface area contributed by atoms with E-state index < -0.39 is 0 Å². The summed E-state index contributed by atoms with van der Waals surface area (Å²) in [5.41, 5.74) is 0.989. The second-order valence-corrected chi connectivity index (χ2v) is 7.78. The van der Waals surface area contributed by atoms with E-state index in [4.69, 9.17) is 4.74 Å². The van der Waals surface area contributed by atoms with Gasteiger partial charge < -0.3 is 9.64 Å². The SMILES string of the molecule is COc1ccc(SCC(=O)N(C)[C@@H](C)c2nc3ccccc3s2)cc1. The molecule has 0 fully saturated rings. The zero-order valence-corrected chi connectivity index (χ0v) is 16.1. The van der Waals surface area contributed by atoms with Gasteiger partial charge in [0, 0.05) is 11.9 Å². The number of amides is 1. The Hall–Kier alpha value is -2.05. The van der Waals surface area contributed by atoms with Crippen LogP contribution in [0.3, 0.4) is 0 Å². The molecule has 1 aromatic heterocycles. The summed E-state index contributed by atoms with van der Waals surface area (Å²) in [6.45, 7) is 2.02. The van der Waals surface area contributed by atoms with E-state index >= 15 is 0 Å². The first-order valence-electron chi connectivity index (χ1n) is 7.96. The molecule has 6 heteroatoms. The summed E-state index contributed by atoms with van der Waals surface area (Å²) in [7, 11) is 3.48. The highest BCUT2D eigenvalue weighted by molar-refractivity contribution is 8.00. The van der Waals surface area contributed by atoms with Crippen molar-refractivity contribution in [3.8, 4) is 5.75 Å². The van der Waals surface area contributed by atoms with Crippen molar-refractivity contribution in [2.75, 3.05) is 19.9 Å². The number of thiazole rings is 1. The van der Waals surface area contributed by atoms with Gasteiger partial charge in [0.1, 0.15) is 10.8 Å². The van der Waals surface area contributed by atoms with Crippen molar-refractivity contribution in [3.05, 3.63) is 53.5 Å². The third-order valence-electron chi connectivity index (χ3n) is 4.06. The summed E-state index contributed by atoms with van der Waals surface area (Å²) >= 11 is 3.17. The lowest BCUT2D eigenvalue weighted by molar-refractivity contribution is -0.128. The highest BCUT2D eigenvalue weighted by atomic mass is 32.2. The van der Waals surface area contributed by atoms with Crippen LogP contribution in [0.15, 0.2) is 53.4 Å². The molecule has 2 aromatic carbocycles. The summed E-state index contributed by atoms with van der Waals surface area (Å²) in [5, 5.41) is 0.964. The molecule has 4 nitrogen and oxygen atoms in total. The van der Waals surface area contributed by atoms with Crippen LogP contribution in [-0.2, 0) is 4.79 Å². The fourth-order valence-corrected chi connectivity index (χ4v) is 4.25. The molecule has 0 N–H and O–H groups in total. The van der Waals surface area contributed by atoms with Crippen LogP contribution >= 0.6 is 23.1 Å². The van der Waals surface area contributed by atoms with Crippen LogP contribution in [0, 0.1) is 0 Å². The minimum absolute atomic E-state index is 0.0404. The smallest absolute Gasteiger partial charge is 0.233 e. The molecule has 3 aromatic rings. The number of methoxy groups -OCH3 is 1. The van der Waals surface area contributed by atoms with Gasteiger partial charge in [-0.3, -0.25) is 4.79 Å². The van der Waals surface area contributed by atoms with Gasteiger partial charge in [-0.25, -0.2) is 4.98 Å². The largest absolute Gasteiger partial charge is 0.497 e. The first kappa shape index (κ1) is 17.8. The van der Waals surface area contributed by atoms with Gasteiger partial charge in [0.05, 0.1) is 29.1 Å². The molecule has 1 heterocycles. The molecule has 0 aliphatic heterocycles. The van der Waals surface area contributed by atoms with Gasteiger partial charge in [0.15, 0.2) is 0 Å². The van der Waals surface area contributed by atoms with Crippen molar-refractivity contribution in [2.24, 2.45) is 0 Å². The lowest BCUT2D eigenvalue weighted by Crippen LogP contribution is -2.31. The fraction of sp³-hybridized carbons (Fsp3) is 0.263. The zero-order chi connectivity index (χ0) is 17.8. The highest BCUT2D eigenvalue weighted by Crippen LogP contribution is 2.29. The molecule has 0 saturated heterocycles. The first-order valence-corrected chi connectivity index (χ1v) is 9.76. The maximum Gasteiger partial charge on any atom is 0.233 e. The van der Waals surface area contributed by atoms with Crippen molar-refractivity contribution in [2.45, 2.75) is 17.9 Å². The number of thioether (sulfide) groups is 1. The van der Waals surface area contributed by atoms with Crippen LogP contribution < -0.4 is 4.74 Å². The van der Waals surface area contributed by atoms with Crippen molar-refractivity contribution >= 4 is 39.2 Å². The van der Waals surface area contributed by atoms with E-state index in [1.165, 1.54) is 11.8 Å². The molecule has 0 bridgehead atoms. The van der Waals surface area contributed by atoms with E-state index in [9.17, 15) is 4.79 Å². The Balaban J connectivity index is 1.62. The van der Waals surface area contributed by atoms with Gasteiger partial charge in [0.2, 0.25) is 5.91 Å². The van der Waals surface area contributed by atoms with E-state index in [1.54, 1.807) is 23.3 Å². The molecular formula is C19H20N2O2S2. The molecule has 130 valence electrons. The lowest BCUT2D eigenvalue weighted by atomic mass is 10.3. The third-order valence-corrected chi connectivity index (χ3v) is 6.27. The van der Waals surface area contributed by atoms with Crippen molar-refractivity contribution in [1.29, 1.82) is 0 Å². The molecule has 0 aliphatic rings. The fourth-order valence-electron chi connectivity index (χ4n) is 2.37. The Morgan fingerprint density at radius 1 is 1.24 bits per heavy atom. The molecule has 3 rings (SSSR count). The average molecular weight is 373 g/mol. The molecule has 1 atom stereocenters. The van der Waals surface area contributed by atoms with Crippen LogP contribution in [0.1, 0.15) is 18.0 Å². The monoisotopic (exact) mass is 372 g/mol. The number of rotatable bonds is 6.